The van der Waals surface area contributed by atoms with Gasteiger partial charge < -0.3 is 19.9 Å². The Morgan fingerprint density at radius 1 is 1.44 bits per heavy atom. The number of likely N-dealkylation sites (tertiary alicyclic amines) is 1. The van der Waals surface area contributed by atoms with Crippen LogP contribution in [-0.2, 0) is 16.1 Å². The van der Waals surface area contributed by atoms with Crippen LogP contribution < -0.4 is 10.2 Å². The van der Waals surface area contributed by atoms with Crippen molar-refractivity contribution in [2.24, 2.45) is 10.9 Å². The zero-order chi connectivity index (χ0) is 18.2. The summed E-state index contributed by atoms with van der Waals surface area (Å²) < 4.78 is 4.86. The van der Waals surface area contributed by atoms with Crippen LogP contribution in [0.5, 0.6) is 0 Å². The number of rotatable bonds is 5. The maximum Gasteiger partial charge on any atom is 0.308 e. The Labute approximate surface area is 150 Å². The number of pyridine rings is 1. The molecule has 1 fully saturated rings. The number of hydrogen-bond donors (Lipinski definition) is 1. The molecular formula is C18H29N5O2. The molecule has 7 nitrogen and oxygen atoms in total. The van der Waals surface area contributed by atoms with E-state index in [2.05, 4.69) is 28.2 Å². The molecule has 0 amide bonds. The van der Waals surface area contributed by atoms with E-state index in [4.69, 9.17) is 9.73 Å². The van der Waals surface area contributed by atoms with Crippen LogP contribution in [0.25, 0.3) is 0 Å². The highest BCUT2D eigenvalue weighted by molar-refractivity contribution is 5.80. The van der Waals surface area contributed by atoms with Crippen LogP contribution in [0.3, 0.4) is 0 Å². The number of ether oxygens (including phenoxy) is 1. The molecule has 1 aromatic rings. The zero-order valence-electron chi connectivity index (χ0n) is 15.7. The SMILES string of the molecule is CCNC(=NCc1cccnc1N(C)C)N1CCC(C(=O)OC)CC1. The second kappa shape index (κ2) is 9.25. The fourth-order valence-electron chi connectivity index (χ4n) is 3.04. The van der Waals surface area contributed by atoms with Gasteiger partial charge >= 0.3 is 5.97 Å². The molecule has 0 spiro atoms. The van der Waals surface area contributed by atoms with Crippen molar-refractivity contribution in [2.45, 2.75) is 26.3 Å². The maximum atomic E-state index is 11.7. The number of aromatic nitrogens is 1. The van der Waals surface area contributed by atoms with Gasteiger partial charge in [0, 0.05) is 45.5 Å². The summed E-state index contributed by atoms with van der Waals surface area (Å²) in [5, 5.41) is 3.36. The van der Waals surface area contributed by atoms with Gasteiger partial charge in [-0.25, -0.2) is 9.98 Å². The highest BCUT2D eigenvalue weighted by Crippen LogP contribution is 2.19. The Bertz CT molecular complexity index is 595. The molecule has 0 radical (unpaired) electrons. The number of carbonyl (C=O) groups is 1. The van der Waals surface area contributed by atoms with Crippen LogP contribution in [0.2, 0.25) is 0 Å². The normalized spacial score (nSPS) is 15.8. The lowest BCUT2D eigenvalue weighted by molar-refractivity contribution is -0.146. The summed E-state index contributed by atoms with van der Waals surface area (Å²) >= 11 is 0. The number of nitrogens with zero attached hydrogens (tertiary/aromatic N) is 4. The standard InChI is InChI=1S/C18H29N5O2/c1-5-19-18(23-11-8-14(9-12-23)17(24)25-4)21-13-15-7-6-10-20-16(15)22(2)3/h6-7,10,14H,5,8-9,11-13H2,1-4H3,(H,19,21). The molecule has 138 valence electrons. The smallest absolute Gasteiger partial charge is 0.308 e. The van der Waals surface area contributed by atoms with Crippen LogP contribution >= 0.6 is 0 Å². The van der Waals surface area contributed by atoms with Gasteiger partial charge in [0.15, 0.2) is 5.96 Å². The topological polar surface area (TPSA) is 70.1 Å². The van der Waals surface area contributed by atoms with Crippen LogP contribution in [0.1, 0.15) is 25.3 Å². The number of carbonyl (C=O) groups excluding carboxylic acids is 1. The van der Waals surface area contributed by atoms with Crippen molar-refractivity contribution in [1.82, 2.24) is 15.2 Å². The molecule has 2 rings (SSSR count). The third-order valence-electron chi connectivity index (χ3n) is 4.35. The highest BCUT2D eigenvalue weighted by atomic mass is 16.5. The fourth-order valence-corrected chi connectivity index (χ4v) is 3.04. The van der Waals surface area contributed by atoms with E-state index in [0.29, 0.717) is 6.54 Å². The summed E-state index contributed by atoms with van der Waals surface area (Å²) in [4.78, 5) is 25.1. The summed E-state index contributed by atoms with van der Waals surface area (Å²) in [5.41, 5.74) is 1.09. The molecule has 0 aliphatic carbocycles. The summed E-state index contributed by atoms with van der Waals surface area (Å²) in [6, 6.07) is 3.99. The lowest BCUT2D eigenvalue weighted by Crippen LogP contribution is -2.46. The monoisotopic (exact) mass is 347 g/mol. The zero-order valence-corrected chi connectivity index (χ0v) is 15.7. The molecule has 25 heavy (non-hydrogen) atoms. The Balaban J connectivity index is 2.06. The van der Waals surface area contributed by atoms with Gasteiger partial charge in [-0.1, -0.05) is 6.07 Å². The average molecular weight is 347 g/mol. The lowest BCUT2D eigenvalue weighted by atomic mass is 9.97. The number of piperidine rings is 1. The van der Waals surface area contributed by atoms with Gasteiger partial charge in [-0.3, -0.25) is 4.79 Å². The first kappa shape index (κ1) is 19.0. The van der Waals surface area contributed by atoms with Gasteiger partial charge in [-0.05, 0) is 25.8 Å². The van der Waals surface area contributed by atoms with E-state index in [1.54, 1.807) is 6.20 Å². The van der Waals surface area contributed by atoms with Gasteiger partial charge in [-0.15, -0.1) is 0 Å². The van der Waals surface area contributed by atoms with E-state index in [1.807, 2.05) is 25.1 Å². The fraction of sp³-hybridized carbons (Fsp3) is 0.611. The van der Waals surface area contributed by atoms with E-state index in [-0.39, 0.29) is 11.9 Å². The minimum Gasteiger partial charge on any atom is -0.469 e. The summed E-state index contributed by atoms with van der Waals surface area (Å²) in [6.45, 7) is 5.05. The second-order valence-electron chi connectivity index (χ2n) is 6.34. The number of guanidine groups is 1. The minimum atomic E-state index is -0.104. The number of hydrogen-bond acceptors (Lipinski definition) is 5. The molecular weight excluding hydrogens is 318 g/mol. The van der Waals surface area contributed by atoms with Crippen molar-refractivity contribution in [1.29, 1.82) is 0 Å². The van der Waals surface area contributed by atoms with Crippen LogP contribution in [0.15, 0.2) is 23.3 Å². The van der Waals surface area contributed by atoms with Crippen LogP contribution in [0.4, 0.5) is 5.82 Å². The first-order valence-electron chi connectivity index (χ1n) is 8.79. The third-order valence-corrected chi connectivity index (χ3v) is 4.35. The summed E-state index contributed by atoms with van der Waals surface area (Å²) in [7, 11) is 5.42. The van der Waals surface area contributed by atoms with Crippen molar-refractivity contribution in [3.05, 3.63) is 23.9 Å². The molecule has 0 unspecified atom stereocenters. The Morgan fingerprint density at radius 2 is 2.16 bits per heavy atom. The molecule has 1 N–H and O–H groups in total. The maximum absolute atomic E-state index is 11.7. The molecule has 1 aliphatic rings. The lowest BCUT2D eigenvalue weighted by Gasteiger charge is -2.33. The van der Waals surface area contributed by atoms with Gasteiger partial charge in [0.1, 0.15) is 5.82 Å². The first-order valence-corrected chi connectivity index (χ1v) is 8.79. The van der Waals surface area contributed by atoms with Crippen molar-refractivity contribution >= 4 is 17.7 Å². The average Bonchev–Trinajstić information content (AvgIpc) is 2.64. The van der Waals surface area contributed by atoms with Crippen molar-refractivity contribution in [3.63, 3.8) is 0 Å². The van der Waals surface area contributed by atoms with Gasteiger partial charge in [0.25, 0.3) is 0 Å². The molecule has 0 bridgehead atoms. The van der Waals surface area contributed by atoms with Crippen LogP contribution in [0, 0.1) is 5.92 Å². The second-order valence-corrected chi connectivity index (χ2v) is 6.34. The largest absolute Gasteiger partial charge is 0.469 e. The van der Waals surface area contributed by atoms with E-state index in [0.717, 1.165) is 49.8 Å². The number of aliphatic imine (C=N–C) groups is 1. The molecule has 0 saturated carbocycles. The van der Waals surface area contributed by atoms with Gasteiger partial charge in [-0.2, -0.15) is 0 Å². The predicted octanol–water partition coefficient (Wildman–Crippen LogP) is 1.50. The quantitative estimate of drug-likeness (QED) is 0.494. The van der Waals surface area contributed by atoms with Crippen LogP contribution in [-0.4, -0.2) is 62.7 Å². The molecule has 1 aromatic heterocycles. The number of anilines is 1. The summed E-state index contributed by atoms with van der Waals surface area (Å²) in [6.07, 6.45) is 3.39. The number of esters is 1. The molecule has 0 aromatic carbocycles. The first-order chi connectivity index (χ1) is 12.1. The van der Waals surface area contributed by atoms with E-state index >= 15 is 0 Å². The molecule has 1 saturated heterocycles. The molecule has 2 heterocycles. The van der Waals surface area contributed by atoms with Gasteiger partial charge in [0.2, 0.25) is 0 Å². The summed E-state index contributed by atoms with van der Waals surface area (Å²) in [5.74, 6) is 1.72. The van der Waals surface area contributed by atoms with Crippen molar-refractivity contribution < 1.29 is 9.53 Å². The molecule has 7 heteroatoms. The molecule has 0 atom stereocenters. The number of methoxy groups -OCH3 is 1. The Hall–Kier alpha value is -2.31. The van der Waals surface area contributed by atoms with Crippen molar-refractivity contribution in [3.8, 4) is 0 Å². The predicted molar refractivity (Wildman–Crippen MR) is 99.7 cm³/mol. The number of nitrogens with one attached hydrogen (secondary N) is 1. The van der Waals surface area contributed by atoms with E-state index < -0.39 is 0 Å². The van der Waals surface area contributed by atoms with E-state index in [9.17, 15) is 4.79 Å². The Kier molecular flexibility index (Phi) is 7.03. The highest BCUT2D eigenvalue weighted by Gasteiger charge is 2.26. The minimum absolute atomic E-state index is 0.00259. The van der Waals surface area contributed by atoms with E-state index in [1.165, 1.54) is 7.11 Å². The van der Waals surface area contributed by atoms with Crippen molar-refractivity contribution in [2.75, 3.05) is 45.7 Å². The van der Waals surface area contributed by atoms with Gasteiger partial charge in [0.05, 0.1) is 19.6 Å². The third kappa shape index (κ3) is 5.08. The Morgan fingerprint density at radius 3 is 2.76 bits per heavy atom. The molecule has 1 aliphatic heterocycles.